The molecule has 0 radical (unpaired) electrons. The molecule has 1 saturated heterocycles. The van der Waals surface area contributed by atoms with Crippen LogP contribution in [0.1, 0.15) is 30.4 Å². The molecule has 0 bridgehead atoms. The first-order chi connectivity index (χ1) is 9.85. The normalized spacial score (nSPS) is 24.8. The molecule has 0 atom stereocenters. The third kappa shape index (κ3) is 2.23. The van der Waals surface area contributed by atoms with Gasteiger partial charge in [0.25, 0.3) is 0 Å². The van der Waals surface area contributed by atoms with Crippen LogP contribution < -0.4 is 5.32 Å². The number of hydrogen-bond acceptors (Lipinski definition) is 3. The van der Waals surface area contributed by atoms with Gasteiger partial charge >= 0.3 is 0 Å². The van der Waals surface area contributed by atoms with Crippen molar-refractivity contribution in [3.05, 3.63) is 29.3 Å². The second kappa shape index (κ2) is 5.05. The molecule has 1 aliphatic carbocycles. The van der Waals surface area contributed by atoms with Gasteiger partial charge in [0.05, 0.1) is 13.2 Å². The fourth-order valence-electron chi connectivity index (χ4n) is 3.98. The summed E-state index contributed by atoms with van der Waals surface area (Å²) >= 11 is 0. The van der Waals surface area contributed by atoms with E-state index in [1.165, 1.54) is 49.0 Å². The van der Waals surface area contributed by atoms with Crippen molar-refractivity contribution < 1.29 is 4.74 Å². The average Bonchev–Trinajstić information content (AvgIpc) is 2.79. The molecule has 1 spiro atoms. The zero-order valence-electron chi connectivity index (χ0n) is 12.2. The molecule has 3 heteroatoms. The van der Waals surface area contributed by atoms with Gasteiger partial charge in [-0.15, -0.1) is 0 Å². The molecule has 0 amide bonds. The number of fused-ring (bicyclic) bond motifs is 1. The fourth-order valence-corrected chi connectivity index (χ4v) is 3.98. The van der Waals surface area contributed by atoms with Gasteiger partial charge in [0, 0.05) is 37.3 Å². The van der Waals surface area contributed by atoms with E-state index in [0.29, 0.717) is 5.41 Å². The molecule has 0 unspecified atom stereocenters. The maximum atomic E-state index is 5.86. The lowest BCUT2D eigenvalue weighted by atomic mass is 9.69. The minimum absolute atomic E-state index is 0.474. The third-order valence-corrected chi connectivity index (χ3v) is 5.26. The van der Waals surface area contributed by atoms with Gasteiger partial charge in [-0.1, -0.05) is 24.6 Å². The first-order valence-corrected chi connectivity index (χ1v) is 7.99. The van der Waals surface area contributed by atoms with Crippen LogP contribution in [0, 0.1) is 5.41 Å². The standard InChI is InChI=1S/C17H24N2O/c1-3-14-5-8-18-16(14)15(4-1)11-19-9-10-20-13-17(12-19)6-2-7-17/h1,3-4,18H,2,5-13H2. The van der Waals surface area contributed by atoms with Crippen LogP contribution in [-0.2, 0) is 17.7 Å². The summed E-state index contributed by atoms with van der Waals surface area (Å²) in [5.74, 6) is 0. The lowest BCUT2D eigenvalue weighted by molar-refractivity contribution is 0.00956. The number of nitrogens with one attached hydrogen (secondary N) is 1. The van der Waals surface area contributed by atoms with E-state index in [-0.39, 0.29) is 0 Å². The molecule has 2 aliphatic heterocycles. The number of para-hydroxylation sites is 1. The van der Waals surface area contributed by atoms with Gasteiger partial charge in [-0.05, 0) is 30.4 Å². The highest BCUT2D eigenvalue weighted by atomic mass is 16.5. The molecule has 20 heavy (non-hydrogen) atoms. The van der Waals surface area contributed by atoms with E-state index in [2.05, 4.69) is 28.4 Å². The Bertz CT molecular complexity index is 496. The third-order valence-electron chi connectivity index (χ3n) is 5.26. The number of nitrogens with zero attached hydrogens (tertiary/aromatic N) is 1. The van der Waals surface area contributed by atoms with Crippen LogP contribution >= 0.6 is 0 Å². The molecular formula is C17H24N2O. The van der Waals surface area contributed by atoms with Gasteiger partial charge in [0.15, 0.2) is 0 Å². The van der Waals surface area contributed by atoms with E-state index in [1.54, 1.807) is 0 Å². The fraction of sp³-hybridized carbons (Fsp3) is 0.647. The van der Waals surface area contributed by atoms with Crippen LogP contribution in [0.15, 0.2) is 18.2 Å². The maximum Gasteiger partial charge on any atom is 0.0593 e. The van der Waals surface area contributed by atoms with Crippen LogP contribution in [-0.4, -0.2) is 37.7 Å². The van der Waals surface area contributed by atoms with Gasteiger partial charge in [0.1, 0.15) is 0 Å². The molecule has 0 aromatic heterocycles. The summed E-state index contributed by atoms with van der Waals surface area (Å²) in [6, 6.07) is 6.77. The van der Waals surface area contributed by atoms with Crippen molar-refractivity contribution in [3.63, 3.8) is 0 Å². The molecule has 3 aliphatic rings. The van der Waals surface area contributed by atoms with Crippen molar-refractivity contribution in [2.24, 2.45) is 5.41 Å². The molecule has 4 rings (SSSR count). The average molecular weight is 272 g/mol. The molecule has 1 saturated carbocycles. The predicted molar refractivity (Wildman–Crippen MR) is 81.0 cm³/mol. The minimum Gasteiger partial charge on any atom is -0.384 e. The number of ether oxygens (including phenoxy) is 1. The number of rotatable bonds is 2. The van der Waals surface area contributed by atoms with E-state index in [0.717, 1.165) is 32.8 Å². The quantitative estimate of drug-likeness (QED) is 0.896. The first-order valence-electron chi connectivity index (χ1n) is 7.99. The van der Waals surface area contributed by atoms with Crippen LogP contribution in [0.4, 0.5) is 5.69 Å². The van der Waals surface area contributed by atoms with E-state index >= 15 is 0 Å². The maximum absolute atomic E-state index is 5.86. The van der Waals surface area contributed by atoms with Crippen molar-refractivity contribution in [3.8, 4) is 0 Å². The van der Waals surface area contributed by atoms with Crippen molar-refractivity contribution in [1.29, 1.82) is 0 Å². The Morgan fingerprint density at radius 3 is 3.10 bits per heavy atom. The molecule has 3 nitrogen and oxygen atoms in total. The smallest absolute Gasteiger partial charge is 0.0593 e. The van der Waals surface area contributed by atoms with E-state index < -0.39 is 0 Å². The molecule has 2 fully saturated rings. The van der Waals surface area contributed by atoms with Crippen LogP contribution in [0.25, 0.3) is 0 Å². The molecule has 2 heterocycles. The highest BCUT2D eigenvalue weighted by Gasteiger charge is 2.40. The Kier molecular flexibility index (Phi) is 3.20. The van der Waals surface area contributed by atoms with Crippen LogP contribution in [0.3, 0.4) is 0 Å². The molecule has 1 aromatic rings. The summed E-state index contributed by atoms with van der Waals surface area (Å²) in [7, 11) is 0. The summed E-state index contributed by atoms with van der Waals surface area (Å²) < 4.78 is 5.86. The Labute approximate surface area is 121 Å². The first kappa shape index (κ1) is 12.7. The van der Waals surface area contributed by atoms with Crippen molar-refractivity contribution in [1.82, 2.24) is 4.90 Å². The van der Waals surface area contributed by atoms with Gasteiger partial charge in [-0.2, -0.15) is 0 Å². The summed E-state index contributed by atoms with van der Waals surface area (Å²) in [6.45, 7) is 6.33. The monoisotopic (exact) mass is 272 g/mol. The zero-order valence-corrected chi connectivity index (χ0v) is 12.2. The SMILES string of the molecule is c1cc2c(c(CN3CCOCC4(CCC4)C3)c1)NCC2. The second-order valence-corrected chi connectivity index (χ2v) is 6.74. The highest BCUT2D eigenvalue weighted by Crippen LogP contribution is 2.43. The van der Waals surface area contributed by atoms with Crippen LogP contribution in [0.2, 0.25) is 0 Å². The van der Waals surface area contributed by atoms with Crippen molar-refractivity contribution >= 4 is 5.69 Å². The molecular weight excluding hydrogens is 248 g/mol. The van der Waals surface area contributed by atoms with Crippen LogP contribution in [0.5, 0.6) is 0 Å². The Morgan fingerprint density at radius 2 is 2.25 bits per heavy atom. The van der Waals surface area contributed by atoms with Gasteiger partial charge in [-0.25, -0.2) is 0 Å². The Morgan fingerprint density at radius 1 is 1.30 bits per heavy atom. The zero-order chi connectivity index (χ0) is 13.4. The molecule has 108 valence electrons. The largest absolute Gasteiger partial charge is 0.384 e. The number of hydrogen-bond donors (Lipinski definition) is 1. The Balaban J connectivity index is 1.52. The number of anilines is 1. The summed E-state index contributed by atoms with van der Waals surface area (Å²) in [5.41, 5.74) is 4.84. The predicted octanol–water partition coefficient (Wildman–Crippen LogP) is 2.66. The van der Waals surface area contributed by atoms with Gasteiger partial charge in [-0.3, -0.25) is 4.90 Å². The Hall–Kier alpha value is -1.06. The van der Waals surface area contributed by atoms with E-state index in [9.17, 15) is 0 Å². The molecule has 1 aromatic carbocycles. The second-order valence-electron chi connectivity index (χ2n) is 6.74. The summed E-state index contributed by atoms with van der Waals surface area (Å²) in [6.07, 6.45) is 5.28. The van der Waals surface area contributed by atoms with Gasteiger partial charge < -0.3 is 10.1 Å². The topological polar surface area (TPSA) is 24.5 Å². The lowest BCUT2D eigenvalue weighted by Gasteiger charge is -2.42. The lowest BCUT2D eigenvalue weighted by Crippen LogP contribution is -2.43. The van der Waals surface area contributed by atoms with E-state index in [4.69, 9.17) is 4.74 Å². The highest BCUT2D eigenvalue weighted by molar-refractivity contribution is 5.61. The minimum atomic E-state index is 0.474. The summed E-state index contributed by atoms with van der Waals surface area (Å²) in [5, 5.41) is 3.56. The van der Waals surface area contributed by atoms with Crippen molar-refractivity contribution in [2.75, 3.05) is 38.2 Å². The van der Waals surface area contributed by atoms with Gasteiger partial charge in [0.2, 0.25) is 0 Å². The number of benzene rings is 1. The van der Waals surface area contributed by atoms with E-state index in [1.807, 2.05) is 0 Å². The molecule has 1 N–H and O–H groups in total. The van der Waals surface area contributed by atoms with Crippen molar-refractivity contribution in [2.45, 2.75) is 32.2 Å². The summed E-state index contributed by atoms with van der Waals surface area (Å²) in [4.78, 5) is 2.61.